The second-order valence-corrected chi connectivity index (χ2v) is 9.75. The Morgan fingerprint density at radius 1 is 1.24 bits per heavy atom. The van der Waals surface area contributed by atoms with E-state index in [0.29, 0.717) is 22.5 Å². The Bertz CT molecular complexity index is 1410. The molecule has 1 amide bonds. The molecule has 2 aromatic heterocycles. The Morgan fingerprint density at radius 2 is 2.11 bits per heavy atom. The van der Waals surface area contributed by atoms with E-state index < -0.39 is 0 Å². The van der Waals surface area contributed by atoms with Crippen LogP contribution in [0.25, 0.3) is 22.3 Å². The summed E-state index contributed by atoms with van der Waals surface area (Å²) in [5.41, 5.74) is 2.65. The van der Waals surface area contributed by atoms with Gasteiger partial charge in [-0.3, -0.25) is 4.79 Å². The van der Waals surface area contributed by atoms with Crippen LogP contribution in [-0.4, -0.2) is 49.7 Å². The van der Waals surface area contributed by atoms with Crippen molar-refractivity contribution in [3.63, 3.8) is 0 Å². The summed E-state index contributed by atoms with van der Waals surface area (Å²) in [7, 11) is 1.82. The molecular weight excluding hydrogens is 494 g/mol. The molecule has 1 aliphatic rings. The Hall–Kier alpha value is -3.63. The van der Waals surface area contributed by atoms with E-state index in [-0.39, 0.29) is 24.8 Å². The van der Waals surface area contributed by atoms with E-state index in [1.165, 1.54) is 0 Å². The molecule has 0 radical (unpaired) electrons. The highest BCUT2D eigenvalue weighted by Gasteiger charge is 2.19. The first-order chi connectivity index (χ1) is 17.9. The number of nitrogens with one attached hydrogen (secondary N) is 2. The van der Waals surface area contributed by atoms with Crippen molar-refractivity contribution in [1.29, 1.82) is 0 Å². The lowest BCUT2D eigenvalue weighted by molar-refractivity contribution is -0.123. The maximum atomic E-state index is 11.8. The molecule has 37 heavy (non-hydrogen) atoms. The molecule has 0 saturated carbocycles. The lowest BCUT2D eigenvalue weighted by Gasteiger charge is -2.23. The van der Waals surface area contributed by atoms with E-state index in [0.717, 1.165) is 48.0 Å². The number of fused-ring (bicyclic) bond motifs is 1. The topological polar surface area (TPSA) is 108 Å². The zero-order valence-corrected chi connectivity index (χ0v) is 21.8. The molecule has 1 atom stereocenters. The number of rotatable bonds is 8. The van der Waals surface area contributed by atoms with Crippen LogP contribution in [-0.2, 0) is 16.6 Å². The largest absolute Gasteiger partial charge is 0.482 e. The molecule has 1 unspecified atom stereocenters. The number of hydrogen-bond acceptors (Lipinski definition) is 7. The minimum absolute atomic E-state index is 0.00726. The van der Waals surface area contributed by atoms with Gasteiger partial charge in [0, 0.05) is 36.3 Å². The van der Waals surface area contributed by atoms with Gasteiger partial charge in [0.05, 0.1) is 16.7 Å². The number of aryl methyl sites for hydroxylation is 1. The fraction of sp³-hybridized carbons (Fsp3) is 0.385. The zero-order valence-electron chi connectivity index (χ0n) is 21.1. The minimum atomic E-state index is -0.204. The molecular formula is C26H30ClN7O3. The van der Waals surface area contributed by atoms with E-state index in [9.17, 15) is 4.79 Å². The van der Waals surface area contributed by atoms with Crippen molar-refractivity contribution in [1.82, 2.24) is 29.9 Å². The van der Waals surface area contributed by atoms with Gasteiger partial charge in [0.1, 0.15) is 5.75 Å². The summed E-state index contributed by atoms with van der Waals surface area (Å²) in [5, 5.41) is 16.6. The molecule has 1 saturated heterocycles. The van der Waals surface area contributed by atoms with E-state index in [1.54, 1.807) is 16.8 Å². The number of nitrogens with zero attached hydrogens (tertiary/aromatic N) is 5. The highest BCUT2D eigenvalue weighted by Crippen LogP contribution is 2.31. The Labute approximate surface area is 219 Å². The Morgan fingerprint density at radius 3 is 2.86 bits per heavy atom. The zero-order chi connectivity index (χ0) is 25.9. The SMILES string of the molecule is CC(C)NC(=O)COc1ccc(-c2nc(Nc3ccc4c(cnn4C4CCCCO4)c3)n(C)n2)cc1Cl. The molecule has 5 rings (SSSR count). The third-order valence-electron chi connectivity index (χ3n) is 6.04. The Balaban J connectivity index is 1.29. The predicted octanol–water partition coefficient (Wildman–Crippen LogP) is 4.83. The summed E-state index contributed by atoms with van der Waals surface area (Å²) in [6.45, 7) is 4.45. The van der Waals surface area contributed by atoms with Crippen LogP contribution < -0.4 is 15.4 Å². The van der Waals surface area contributed by atoms with Crippen LogP contribution in [0.15, 0.2) is 42.6 Å². The van der Waals surface area contributed by atoms with Gasteiger partial charge in [-0.05, 0) is 69.5 Å². The first kappa shape index (κ1) is 25.0. The standard InChI is InChI=1S/C26H30ClN7O3/c1-16(2)29-23(35)15-37-22-10-7-17(13-20(22)27)25-31-26(33(3)32-25)30-19-8-9-21-18(12-19)14-28-34(21)24-6-4-5-11-36-24/h7-10,12-14,16,24H,4-6,11,15H2,1-3H3,(H,29,35)(H,30,31,32). The van der Waals surface area contributed by atoms with Crippen LogP contribution in [0.5, 0.6) is 5.75 Å². The van der Waals surface area contributed by atoms with E-state index in [1.807, 2.05) is 56.0 Å². The number of anilines is 2. The van der Waals surface area contributed by atoms with Gasteiger partial charge < -0.3 is 20.1 Å². The molecule has 10 nitrogen and oxygen atoms in total. The number of carbonyl (C=O) groups excluding carboxylic acids is 1. The minimum Gasteiger partial charge on any atom is -0.482 e. The fourth-order valence-corrected chi connectivity index (χ4v) is 4.52. The van der Waals surface area contributed by atoms with E-state index in [4.69, 9.17) is 21.1 Å². The number of amides is 1. The number of carbonyl (C=O) groups is 1. The van der Waals surface area contributed by atoms with Crippen LogP contribution in [0.3, 0.4) is 0 Å². The second kappa shape index (κ2) is 10.8. The van der Waals surface area contributed by atoms with Crippen molar-refractivity contribution in [2.24, 2.45) is 7.05 Å². The number of ether oxygens (including phenoxy) is 2. The van der Waals surface area contributed by atoms with Crippen LogP contribution in [0.2, 0.25) is 5.02 Å². The number of hydrogen-bond donors (Lipinski definition) is 2. The number of benzene rings is 2. The van der Waals surface area contributed by atoms with Gasteiger partial charge in [-0.15, -0.1) is 5.10 Å². The molecule has 1 fully saturated rings. The molecule has 3 heterocycles. The lowest BCUT2D eigenvalue weighted by Crippen LogP contribution is -2.34. The van der Waals surface area contributed by atoms with Gasteiger partial charge in [-0.2, -0.15) is 10.1 Å². The first-order valence-electron chi connectivity index (χ1n) is 12.4. The van der Waals surface area contributed by atoms with E-state index in [2.05, 4.69) is 25.8 Å². The Kier molecular flexibility index (Phi) is 7.29. The third kappa shape index (κ3) is 5.70. The average Bonchev–Trinajstić information content (AvgIpc) is 3.46. The van der Waals surface area contributed by atoms with Crippen LogP contribution in [0, 0.1) is 0 Å². The normalized spacial score (nSPS) is 15.8. The molecule has 0 spiro atoms. The van der Waals surface area contributed by atoms with Gasteiger partial charge in [-0.1, -0.05) is 11.6 Å². The van der Waals surface area contributed by atoms with Gasteiger partial charge in [0.15, 0.2) is 18.7 Å². The molecule has 2 N–H and O–H groups in total. The summed E-state index contributed by atoms with van der Waals surface area (Å²) in [5.74, 6) is 1.31. The quantitative estimate of drug-likeness (QED) is 0.340. The lowest BCUT2D eigenvalue weighted by atomic mass is 10.2. The van der Waals surface area contributed by atoms with Crippen molar-refractivity contribution in [3.8, 4) is 17.1 Å². The number of halogens is 1. The summed E-state index contributed by atoms with van der Waals surface area (Å²) < 4.78 is 15.1. The van der Waals surface area contributed by atoms with Crippen molar-refractivity contribution in [3.05, 3.63) is 47.6 Å². The van der Waals surface area contributed by atoms with Crippen LogP contribution >= 0.6 is 11.6 Å². The maximum Gasteiger partial charge on any atom is 0.258 e. The molecule has 0 aliphatic carbocycles. The van der Waals surface area contributed by atoms with Crippen molar-refractivity contribution < 1.29 is 14.3 Å². The fourth-order valence-electron chi connectivity index (χ4n) is 4.29. The molecule has 2 aromatic carbocycles. The summed E-state index contributed by atoms with van der Waals surface area (Å²) >= 11 is 6.41. The highest BCUT2D eigenvalue weighted by molar-refractivity contribution is 6.32. The molecule has 1 aliphatic heterocycles. The average molecular weight is 524 g/mol. The molecule has 0 bridgehead atoms. The van der Waals surface area contributed by atoms with Crippen molar-refractivity contribution >= 4 is 40.0 Å². The molecule has 4 aromatic rings. The second-order valence-electron chi connectivity index (χ2n) is 9.35. The smallest absolute Gasteiger partial charge is 0.258 e. The predicted molar refractivity (Wildman–Crippen MR) is 142 cm³/mol. The molecule has 194 valence electrons. The van der Waals surface area contributed by atoms with Gasteiger partial charge >= 0.3 is 0 Å². The van der Waals surface area contributed by atoms with E-state index >= 15 is 0 Å². The maximum absolute atomic E-state index is 11.8. The highest BCUT2D eigenvalue weighted by atomic mass is 35.5. The van der Waals surface area contributed by atoms with Crippen LogP contribution in [0.4, 0.5) is 11.6 Å². The summed E-state index contributed by atoms with van der Waals surface area (Å²) in [6.07, 6.45) is 5.08. The molecule has 11 heteroatoms. The van der Waals surface area contributed by atoms with Gasteiger partial charge in [0.2, 0.25) is 5.95 Å². The number of aromatic nitrogens is 5. The van der Waals surface area contributed by atoms with Crippen molar-refractivity contribution in [2.75, 3.05) is 18.5 Å². The summed E-state index contributed by atoms with van der Waals surface area (Å²) in [4.78, 5) is 16.5. The first-order valence-corrected chi connectivity index (χ1v) is 12.7. The monoisotopic (exact) mass is 523 g/mol. The van der Waals surface area contributed by atoms with Crippen molar-refractivity contribution in [2.45, 2.75) is 45.4 Å². The van der Waals surface area contributed by atoms with Crippen LogP contribution in [0.1, 0.15) is 39.3 Å². The van der Waals surface area contributed by atoms with Gasteiger partial charge in [0.25, 0.3) is 5.91 Å². The third-order valence-corrected chi connectivity index (χ3v) is 6.34. The van der Waals surface area contributed by atoms with Gasteiger partial charge in [-0.25, -0.2) is 9.36 Å². The summed E-state index contributed by atoms with van der Waals surface area (Å²) in [6, 6.07) is 11.4.